The summed E-state index contributed by atoms with van der Waals surface area (Å²) >= 11 is 0. The van der Waals surface area contributed by atoms with Gasteiger partial charge in [0.15, 0.2) is 0 Å². The molecule has 1 heterocycles. The first-order valence-corrected chi connectivity index (χ1v) is 7.65. The molecule has 0 saturated carbocycles. The molecule has 2 nitrogen and oxygen atoms in total. The smallest absolute Gasteiger partial charge is 0.0473 e. The monoisotopic (exact) mass is 260 g/mol. The van der Waals surface area contributed by atoms with Crippen molar-refractivity contribution in [3.63, 3.8) is 0 Å². The van der Waals surface area contributed by atoms with Crippen molar-refractivity contribution in [1.82, 2.24) is 4.90 Å². The zero-order chi connectivity index (χ0) is 13.9. The lowest BCUT2D eigenvalue weighted by Gasteiger charge is -2.31. The zero-order valence-electron chi connectivity index (χ0n) is 12.7. The maximum absolute atomic E-state index is 6.08. The Bertz CT molecular complexity index is 409. The highest BCUT2D eigenvalue weighted by Gasteiger charge is 2.37. The second kappa shape index (κ2) is 6.06. The summed E-state index contributed by atoms with van der Waals surface area (Å²) in [5, 5.41) is 0. The van der Waals surface area contributed by atoms with E-state index in [0.717, 1.165) is 0 Å². The number of aryl methyl sites for hydroxylation is 1. The average Bonchev–Trinajstić information content (AvgIpc) is 2.87. The van der Waals surface area contributed by atoms with Gasteiger partial charge in [0.25, 0.3) is 0 Å². The molecule has 1 atom stereocenters. The molecular formula is C17H28N2. The molecule has 0 amide bonds. The summed E-state index contributed by atoms with van der Waals surface area (Å²) in [7, 11) is 0. The second-order valence-corrected chi connectivity index (χ2v) is 6.04. The van der Waals surface area contributed by atoms with Gasteiger partial charge in [-0.2, -0.15) is 0 Å². The third-order valence-corrected chi connectivity index (χ3v) is 5.18. The lowest BCUT2D eigenvalue weighted by molar-refractivity contribution is 0.197. The van der Waals surface area contributed by atoms with Gasteiger partial charge in [0, 0.05) is 19.1 Å². The summed E-state index contributed by atoms with van der Waals surface area (Å²) in [6.07, 6.45) is 3.89. The quantitative estimate of drug-likeness (QED) is 0.878. The average molecular weight is 260 g/mol. The molecule has 1 unspecified atom stereocenters. The summed E-state index contributed by atoms with van der Waals surface area (Å²) in [6, 6.07) is 9.07. The van der Waals surface area contributed by atoms with Gasteiger partial charge < -0.3 is 5.73 Å². The van der Waals surface area contributed by atoms with E-state index in [4.69, 9.17) is 5.73 Å². The van der Waals surface area contributed by atoms with Crippen LogP contribution in [0.3, 0.4) is 0 Å². The van der Waals surface area contributed by atoms with Crippen molar-refractivity contribution in [2.75, 3.05) is 19.6 Å². The fourth-order valence-electron chi connectivity index (χ4n) is 3.50. The van der Waals surface area contributed by atoms with Crippen LogP contribution in [0.2, 0.25) is 0 Å². The summed E-state index contributed by atoms with van der Waals surface area (Å²) in [5.74, 6) is 0. The first-order chi connectivity index (χ1) is 9.15. The minimum atomic E-state index is 0.390. The molecule has 19 heavy (non-hydrogen) atoms. The largest absolute Gasteiger partial charge is 0.329 e. The highest BCUT2D eigenvalue weighted by atomic mass is 15.2. The third kappa shape index (κ3) is 2.85. The molecule has 0 radical (unpaired) electrons. The normalized spacial score (nSPS) is 20.6. The van der Waals surface area contributed by atoms with Gasteiger partial charge in [0.1, 0.15) is 0 Å². The molecule has 0 aliphatic carbocycles. The molecule has 2 heteroatoms. The number of hydrogen-bond acceptors (Lipinski definition) is 2. The molecule has 1 fully saturated rings. The van der Waals surface area contributed by atoms with Gasteiger partial charge in [0.2, 0.25) is 0 Å². The standard InChI is InChI=1S/C17H28N2/c1-4-17(5-2)10-11-19(13-17)16(12-18)15-9-7-6-8-14(15)3/h6-9,16H,4-5,10-13,18H2,1-3H3. The van der Waals surface area contributed by atoms with Crippen LogP contribution in [-0.2, 0) is 0 Å². The molecular weight excluding hydrogens is 232 g/mol. The van der Waals surface area contributed by atoms with Gasteiger partial charge in [-0.25, -0.2) is 0 Å². The molecule has 1 aliphatic rings. The Balaban J connectivity index is 2.19. The van der Waals surface area contributed by atoms with Crippen LogP contribution in [0.5, 0.6) is 0 Å². The van der Waals surface area contributed by atoms with E-state index >= 15 is 0 Å². The fraction of sp³-hybridized carbons (Fsp3) is 0.647. The number of likely N-dealkylation sites (tertiary alicyclic amines) is 1. The number of rotatable bonds is 5. The molecule has 0 bridgehead atoms. The van der Waals surface area contributed by atoms with Crippen molar-refractivity contribution in [2.24, 2.45) is 11.1 Å². The molecule has 1 aliphatic heterocycles. The highest BCUT2D eigenvalue weighted by molar-refractivity contribution is 5.29. The molecule has 106 valence electrons. The van der Waals surface area contributed by atoms with Crippen LogP contribution in [0.1, 0.15) is 50.3 Å². The van der Waals surface area contributed by atoms with E-state index in [0.29, 0.717) is 18.0 Å². The SMILES string of the molecule is CCC1(CC)CCN(C(CN)c2ccccc2C)C1. The predicted molar refractivity (Wildman–Crippen MR) is 82.2 cm³/mol. The number of hydrogen-bond donors (Lipinski definition) is 1. The Morgan fingerprint density at radius 1 is 1.26 bits per heavy atom. The first-order valence-electron chi connectivity index (χ1n) is 7.65. The minimum absolute atomic E-state index is 0.390. The third-order valence-electron chi connectivity index (χ3n) is 5.18. The van der Waals surface area contributed by atoms with Crippen molar-refractivity contribution >= 4 is 0 Å². The number of nitrogens with two attached hydrogens (primary N) is 1. The Morgan fingerprint density at radius 2 is 1.95 bits per heavy atom. The Hall–Kier alpha value is -0.860. The lowest BCUT2D eigenvalue weighted by atomic mass is 9.82. The summed E-state index contributed by atoms with van der Waals surface area (Å²) in [4.78, 5) is 2.61. The Kier molecular flexibility index (Phi) is 4.64. The molecule has 1 aromatic carbocycles. The van der Waals surface area contributed by atoms with Gasteiger partial charge in [-0.05, 0) is 49.3 Å². The summed E-state index contributed by atoms with van der Waals surface area (Å²) < 4.78 is 0. The van der Waals surface area contributed by atoms with E-state index < -0.39 is 0 Å². The van der Waals surface area contributed by atoms with Crippen LogP contribution < -0.4 is 5.73 Å². The van der Waals surface area contributed by atoms with E-state index in [-0.39, 0.29) is 0 Å². The van der Waals surface area contributed by atoms with E-state index in [2.05, 4.69) is 49.9 Å². The topological polar surface area (TPSA) is 29.3 Å². The van der Waals surface area contributed by atoms with Crippen LogP contribution >= 0.6 is 0 Å². The molecule has 1 aromatic rings. The van der Waals surface area contributed by atoms with Gasteiger partial charge in [-0.3, -0.25) is 4.90 Å². The number of nitrogens with zero attached hydrogens (tertiary/aromatic N) is 1. The van der Waals surface area contributed by atoms with Crippen LogP contribution in [0.4, 0.5) is 0 Å². The van der Waals surface area contributed by atoms with Crippen LogP contribution in [-0.4, -0.2) is 24.5 Å². The Labute approximate surface area is 118 Å². The highest BCUT2D eigenvalue weighted by Crippen LogP contribution is 2.40. The van der Waals surface area contributed by atoms with Gasteiger partial charge in [-0.1, -0.05) is 38.1 Å². The van der Waals surface area contributed by atoms with Crippen LogP contribution in [0.15, 0.2) is 24.3 Å². The maximum Gasteiger partial charge on any atom is 0.0473 e. The van der Waals surface area contributed by atoms with Gasteiger partial charge >= 0.3 is 0 Å². The molecule has 1 saturated heterocycles. The summed E-state index contributed by atoms with van der Waals surface area (Å²) in [5.41, 5.74) is 9.38. The van der Waals surface area contributed by atoms with E-state index in [1.54, 1.807) is 0 Å². The van der Waals surface area contributed by atoms with Crippen LogP contribution in [0.25, 0.3) is 0 Å². The molecule has 0 spiro atoms. The van der Waals surface area contributed by atoms with Crippen molar-refractivity contribution in [3.05, 3.63) is 35.4 Å². The first kappa shape index (κ1) is 14.5. The van der Waals surface area contributed by atoms with Crippen molar-refractivity contribution in [1.29, 1.82) is 0 Å². The second-order valence-electron chi connectivity index (χ2n) is 6.04. The van der Waals surface area contributed by atoms with Crippen molar-refractivity contribution in [3.8, 4) is 0 Å². The van der Waals surface area contributed by atoms with Crippen molar-refractivity contribution in [2.45, 2.75) is 46.1 Å². The van der Waals surface area contributed by atoms with E-state index in [1.165, 1.54) is 43.5 Å². The minimum Gasteiger partial charge on any atom is -0.329 e. The van der Waals surface area contributed by atoms with E-state index in [9.17, 15) is 0 Å². The van der Waals surface area contributed by atoms with Crippen molar-refractivity contribution < 1.29 is 0 Å². The maximum atomic E-state index is 6.08. The summed E-state index contributed by atoms with van der Waals surface area (Å²) in [6.45, 7) is 9.97. The number of benzene rings is 1. The van der Waals surface area contributed by atoms with Gasteiger partial charge in [0.05, 0.1) is 0 Å². The molecule has 0 aromatic heterocycles. The van der Waals surface area contributed by atoms with E-state index in [1.807, 2.05) is 0 Å². The van der Waals surface area contributed by atoms with Gasteiger partial charge in [-0.15, -0.1) is 0 Å². The predicted octanol–water partition coefficient (Wildman–Crippen LogP) is 3.51. The Morgan fingerprint density at radius 3 is 2.47 bits per heavy atom. The van der Waals surface area contributed by atoms with Crippen LogP contribution in [0, 0.1) is 12.3 Å². The molecule has 2 rings (SSSR count). The fourth-order valence-corrected chi connectivity index (χ4v) is 3.50. The molecule has 2 N–H and O–H groups in total. The zero-order valence-corrected chi connectivity index (χ0v) is 12.7. The lowest BCUT2D eigenvalue weighted by Crippen LogP contribution is -2.34.